The molecule has 0 atom stereocenters. The summed E-state index contributed by atoms with van der Waals surface area (Å²) in [4.78, 5) is 15.0. The van der Waals surface area contributed by atoms with E-state index in [0.717, 1.165) is 10.2 Å². The van der Waals surface area contributed by atoms with E-state index in [1.165, 1.54) is 0 Å². The summed E-state index contributed by atoms with van der Waals surface area (Å²) in [7, 11) is 0. The van der Waals surface area contributed by atoms with Crippen LogP contribution >= 0.6 is 15.9 Å². The van der Waals surface area contributed by atoms with Gasteiger partial charge >= 0.3 is 0 Å². The fraction of sp³-hybridized carbons (Fsp3) is 0.368. The summed E-state index contributed by atoms with van der Waals surface area (Å²) >= 11 is 3.52. The van der Waals surface area contributed by atoms with E-state index < -0.39 is 5.79 Å². The highest BCUT2D eigenvalue weighted by atomic mass is 79.9. The lowest BCUT2D eigenvalue weighted by Gasteiger charge is -2.37. The van der Waals surface area contributed by atoms with Crippen LogP contribution in [0.5, 0.6) is 0 Å². The summed E-state index contributed by atoms with van der Waals surface area (Å²) in [5, 5.41) is 9.48. The lowest BCUT2D eigenvalue weighted by molar-refractivity contribution is -0.181. The van der Waals surface area contributed by atoms with Crippen LogP contribution in [0.25, 0.3) is 5.69 Å². The number of rotatable bonds is 2. The largest absolute Gasteiger partial charge is 0.347 e. The van der Waals surface area contributed by atoms with Crippen molar-refractivity contribution in [2.75, 3.05) is 26.3 Å². The van der Waals surface area contributed by atoms with Crippen molar-refractivity contribution < 1.29 is 14.3 Å². The zero-order valence-electron chi connectivity index (χ0n) is 14.2. The van der Waals surface area contributed by atoms with Gasteiger partial charge in [-0.05, 0) is 34.1 Å². The molecule has 134 valence electrons. The number of ether oxygens (including phenoxy) is 2. The van der Waals surface area contributed by atoms with Gasteiger partial charge in [0.25, 0.3) is 5.91 Å². The highest BCUT2D eigenvalue weighted by Crippen LogP contribution is 2.32. The Bertz CT molecular complexity index is 870. The van der Waals surface area contributed by atoms with E-state index >= 15 is 0 Å². The zero-order valence-corrected chi connectivity index (χ0v) is 15.7. The van der Waals surface area contributed by atoms with Gasteiger partial charge in [-0.1, -0.05) is 12.1 Å². The third-order valence-corrected chi connectivity index (χ3v) is 5.62. The number of carbonyl (C=O) groups is 1. The second-order valence-corrected chi connectivity index (χ2v) is 7.27. The Morgan fingerprint density at radius 2 is 1.85 bits per heavy atom. The Labute approximate surface area is 160 Å². The first-order valence-electron chi connectivity index (χ1n) is 8.57. The van der Waals surface area contributed by atoms with Gasteiger partial charge in [0.1, 0.15) is 11.8 Å². The normalized spacial score (nSPS) is 18.8. The van der Waals surface area contributed by atoms with Gasteiger partial charge in [-0.25, -0.2) is 0 Å². The number of hydrogen-bond acceptors (Lipinski definition) is 4. The number of aromatic nitrogens is 1. The molecule has 0 saturated carbocycles. The Morgan fingerprint density at radius 3 is 2.50 bits per heavy atom. The van der Waals surface area contributed by atoms with Crippen LogP contribution in [0.15, 0.2) is 41.0 Å². The van der Waals surface area contributed by atoms with Crippen LogP contribution in [0.1, 0.15) is 28.9 Å². The molecule has 2 aromatic rings. The number of benzene rings is 1. The van der Waals surface area contributed by atoms with E-state index in [4.69, 9.17) is 9.47 Å². The van der Waals surface area contributed by atoms with Gasteiger partial charge in [0, 0.05) is 36.6 Å². The van der Waals surface area contributed by atoms with E-state index in [9.17, 15) is 10.1 Å². The van der Waals surface area contributed by atoms with Crippen molar-refractivity contribution in [1.82, 2.24) is 9.47 Å². The third kappa shape index (κ3) is 2.94. The zero-order chi connectivity index (χ0) is 18.1. The van der Waals surface area contributed by atoms with Crippen LogP contribution in [0.3, 0.4) is 0 Å². The van der Waals surface area contributed by atoms with Gasteiger partial charge in [-0.15, -0.1) is 0 Å². The van der Waals surface area contributed by atoms with Gasteiger partial charge < -0.3 is 18.9 Å². The Morgan fingerprint density at radius 1 is 1.15 bits per heavy atom. The first kappa shape index (κ1) is 17.3. The van der Waals surface area contributed by atoms with Crippen LogP contribution < -0.4 is 0 Å². The molecule has 4 rings (SSSR count). The molecule has 2 aliphatic heterocycles. The SMILES string of the molecule is N#Cc1ccn(-c2ccccc2Br)c1C(=O)N1CCC2(CC1)OCCO2. The Hall–Kier alpha value is -2.14. The van der Waals surface area contributed by atoms with Crippen LogP contribution in [0.4, 0.5) is 0 Å². The van der Waals surface area contributed by atoms with Crippen molar-refractivity contribution in [3.05, 3.63) is 52.3 Å². The predicted molar refractivity (Wildman–Crippen MR) is 98.0 cm³/mol. The maximum absolute atomic E-state index is 13.2. The molecule has 2 aliphatic rings. The first-order valence-corrected chi connectivity index (χ1v) is 9.36. The van der Waals surface area contributed by atoms with Crippen molar-refractivity contribution in [2.24, 2.45) is 0 Å². The summed E-state index contributed by atoms with van der Waals surface area (Å²) in [6.45, 7) is 2.31. The molecule has 1 spiro atoms. The maximum Gasteiger partial charge on any atom is 0.272 e. The van der Waals surface area contributed by atoms with Crippen LogP contribution in [0.2, 0.25) is 0 Å². The molecular formula is C19H18BrN3O3. The number of hydrogen-bond donors (Lipinski definition) is 0. The Kier molecular flexibility index (Phi) is 4.57. The average Bonchev–Trinajstić information content (AvgIpc) is 3.29. The fourth-order valence-electron chi connectivity index (χ4n) is 3.57. The maximum atomic E-state index is 13.2. The average molecular weight is 416 g/mol. The number of amides is 1. The van der Waals surface area contributed by atoms with Crippen LogP contribution in [-0.4, -0.2) is 47.5 Å². The molecule has 0 radical (unpaired) electrons. The summed E-state index contributed by atoms with van der Waals surface area (Å²) < 4.78 is 14.1. The van der Waals surface area contributed by atoms with Crippen molar-refractivity contribution in [2.45, 2.75) is 18.6 Å². The second-order valence-electron chi connectivity index (χ2n) is 6.41. The summed E-state index contributed by atoms with van der Waals surface area (Å²) in [5.41, 5.74) is 1.59. The lowest BCUT2D eigenvalue weighted by Crippen LogP contribution is -2.47. The van der Waals surface area contributed by atoms with E-state index in [2.05, 4.69) is 22.0 Å². The van der Waals surface area contributed by atoms with Crippen molar-refractivity contribution >= 4 is 21.8 Å². The predicted octanol–water partition coefficient (Wildman–Crippen LogP) is 3.09. The molecule has 6 nitrogen and oxygen atoms in total. The number of carbonyl (C=O) groups excluding carboxylic acids is 1. The summed E-state index contributed by atoms with van der Waals surface area (Å²) in [5.74, 6) is -0.672. The number of halogens is 1. The summed E-state index contributed by atoms with van der Waals surface area (Å²) in [6, 6.07) is 11.5. The van der Waals surface area contributed by atoms with Crippen LogP contribution in [0, 0.1) is 11.3 Å². The fourth-order valence-corrected chi connectivity index (χ4v) is 4.05. The molecule has 0 N–H and O–H groups in total. The minimum Gasteiger partial charge on any atom is -0.347 e. The number of para-hydroxylation sites is 1. The molecule has 0 aliphatic carbocycles. The number of nitriles is 1. The number of piperidine rings is 1. The smallest absolute Gasteiger partial charge is 0.272 e. The number of nitrogens with zero attached hydrogens (tertiary/aromatic N) is 3. The minimum atomic E-state index is -0.528. The molecule has 1 aromatic heterocycles. The van der Waals surface area contributed by atoms with Crippen molar-refractivity contribution in [1.29, 1.82) is 5.26 Å². The number of likely N-dealkylation sites (tertiary alicyclic amines) is 1. The molecule has 3 heterocycles. The third-order valence-electron chi connectivity index (χ3n) is 4.95. The molecule has 7 heteroatoms. The molecule has 2 fully saturated rings. The van der Waals surface area contributed by atoms with Gasteiger partial charge in [0.2, 0.25) is 0 Å². The van der Waals surface area contributed by atoms with E-state index in [1.807, 2.05) is 24.3 Å². The molecule has 1 aromatic carbocycles. The second kappa shape index (κ2) is 6.88. The Balaban J connectivity index is 1.63. The molecule has 1 amide bonds. The molecule has 2 saturated heterocycles. The monoisotopic (exact) mass is 415 g/mol. The molecule has 26 heavy (non-hydrogen) atoms. The van der Waals surface area contributed by atoms with Crippen molar-refractivity contribution in [3.8, 4) is 11.8 Å². The summed E-state index contributed by atoms with van der Waals surface area (Å²) in [6.07, 6.45) is 3.06. The topological polar surface area (TPSA) is 67.5 Å². The highest BCUT2D eigenvalue weighted by molar-refractivity contribution is 9.10. The van der Waals surface area contributed by atoms with Gasteiger partial charge in [0.05, 0.1) is 24.5 Å². The standard InChI is InChI=1S/C19H18BrN3O3/c20-15-3-1-2-4-16(15)23-8-5-14(13-21)17(23)18(24)22-9-6-19(7-10-22)25-11-12-26-19/h1-5,8H,6-7,9-12H2. The minimum absolute atomic E-state index is 0.143. The van der Waals surface area contributed by atoms with Gasteiger partial charge in [0.15, 0.2) is 5.79 Å². The van der Waals surface area contributed by atoms with E-state index in [0.29, 0.717) is 50.4 Å². The molecular weight excluding hydrogens is 398 g/mol. The first-order chi connectivity index (χ1) is 12.6. The van der Waals surface area contributed by atoms with Crippen molar-refractivity contribution in [3.63, 3.8) is 0 Å². The quantitative estimate of drug-likeness (QED) is 0.755. The molecule has 0 bridgehead atoms. The van der Waals surface area contributed by atoms with Gasteiger partial charge in [-0.3, -0.25) is 4.79 Å². The highest BCUT2D eigenvalue weighted by Gasteiger charge is 2.41. The van der Waals surface area contributed by atoms with E-state index in [-0.39, 0.29) is 5.91 Å². The lowest BCUT2D eigenvalue weighted by atomic mass is 10.0. The van der Waals surface area contributed by atoms with E-state index in [1.54, 1.807) is 21.7 Å². The van der Waals surface area contributed by atoms with Gasteiger partial charge in [-0.2, -0.15) is 5.26 Å². The molecule has 0 unspecified atom stereocenters. The van der Waals surface area contributed by atoms with Crippen LogP contribution in [-0.2, 0) is 9.47 Å².